The van der Waals surface area contributed by atoms with Crippen molar-refractivity contribution in [1.29, 1.82) is 0 Å². The smallest absolute Gasteiger partial charge is 0.243 e. The van der Waals surface area contributed by atoms with Gasteiger partial charge in [0.1, 0.15) is 11.6 Å². The molecule has 146 valence electrons. The molecule has 0 spiro atoms. The Morgan fingerprint density at radius 3 is 2.57 bits per heavy atom. The van der Waals surface area contributed by atoms with Gasteiger partial charge in [0.25, 0.3) is 0 Å². The van der Waals surface area contributed by atoms with Crippen molar-refractivity contribution in [2.24, 2.45) is 0 Å². The highest BCUT2D eigenvalue weighted by atomic mass is 32.2. The lowest BCUT2D eigenvalue weighted by atomic mass is 10.3. The number of fused-ring (bicyclic) bond motifs is 1. The lowest BCUT2D eigenvalue weighted by molar-refractivity contribution is 0.383. The van der Waals surface area contributed by atoms with Crippen LogP contribution < -0.4 is 4.90 Å². The van der Waals surface area contributed by atoms with Gasteiger partial charge in [0.2, 0.25) is 15.7 Å². The molecule has 0 unspecified atom stereocenters. The Bertz CT molecular complexity index is 1140. The van der Waals surface area contributed by atoms with Gasteiger partial charge in [0.15, 0.2) is 5.82 Å². The Hall–Kier alpha value is -2.59. The summed E-state index contributed by atoms with van der Waals surface area (Å²) in [7, 11) is -3.72. The van der Waals surface area contributed by atoms with E-state index in [2.05, 4.69) is 15.2 Å². The summed E-state index contributed by atoms with van der Waals surface area (Å²) in [5.41, 5.74) is 0.700. The fourth-order valence-electron chi connectivity index (χ4n) is 3.59. The molecule has 3 aromatic rings. The van der Waals surface area contributed by atoms with Gasteiger partial charge in [-0.2, -0.15) is 4.31 Å². The van der Waals surface area contributed by atoms with E-state index in [9.17, 15) is 12.8 Å². The molecular formula is C18H19FN6O2S. The minimum atomic E-state index is -3.72. The molecule has 0 N–H and O–H groups in total. The topological polar surface area (TPSA) is 83.7 Å². The molecule has 28 heavy (non-hydrogen) atoms. The average Bonchev–Trinajstić information content (AvgIpc) is 3.46. The van der Waals surface area contributed by atoms with Crippen LogP contribution >= 0.6 is 0 Å². The second-order valence-electron chi connectivity index (χ2n) is 7.13. The number of hydrogen-bond acceptors (Lipinski definition) is 6. The standard InChI is InChI=1S/C18H19FN6O2S/c19-14-2-1-3-15(12-14)28(26,27)24-10-8-23(9-11-24)17-18-22-21-16(13-4-5-13)25(18)7-6-20-17/h1-3,6-7,12-13H,4-5,8-11H2. The maximum Gasteiger partial charge on any atom is 0.243 e. The highest BCUT2D eigenvalue weighted by Gasteiger charge is 2.32. The first-order chi connectivity index (χ1) is 13.5. The molecule has 0 bridgehead atoms. The third kappa shape index (κ3) is 2.92. The van der Waals surface area contributed by atoms with Crippen LogP contribution in [-0.2, 0) is 10.0 Å². The van der Waals surface area contributed by atoms with Gasteiger partial charge < -0.3 is 4.90 Å². The molecule has 5 rings (SSSR count). The number of anilines is 1. The first-order valence-electron chi connectivity index (χ1n) is 9.24. The summed E-state index contributed by atoms with van der Waals surface area (Å²) in [6.45, 7) is 1.55. The molecule has 1 aliphatic heterocycles. The fourth-order valence-corrected chi connectivity index (χ4v) is 5.05. The van der Waals surface area contributed by atoms with Gasteiger partial charge >= 0.3 is 0 Å². The highest BCUT2D eigenvalue weighted by Crippen LogP contribution is 2.39. The second-order valence-corrected chi connectivity index (χ2v) is 9.06. The average molecular weight is 402 g/mol. The van der Waals surface area contributed by atoms with Gasteiger partial charge in [0.05, 0.1) is 4.90 Å². The van der Waals surface area contributed by atoms with Gasteiger partial charge in [-0.05, 0) is 31.0 Å². The lowest BCUT2D eigenvalue weighted by Gasteiger charge is -2.34. The van der Waals surface area contributed by atoms with Crippen molar-refractivity contribution in [3.05, 3.63) is 48.3 Å². The summed E-state index contributed by atoms with van der Waals surface area (Å²) in [6.07, 6.45) is 5.87. The first-order valence-corrected chi connectivity index (χ1v) is 10.7. The highest BCUT2D eigenvalue weighted by molar-refractivity contribution is 7.89. The van der Waals surface area contributed by atoms with Crippen LogP contribution in [0.1, 0.15) is 24.6 Å². The largest absolute Gasteiger partial charge is 0.351 e. The Kier molecular flexibility index (Phi) is 4.06. The maximum absolute atomic E-state index is 13.4. The van der Waals surface area contributed by atoms with Crippen molar-refractivity contribution in [3.63, 3.8) is 0 Å². The fraction of sp³-hybridized carbons (Fsp3) is 0.389. The van der Waals surface area contributed by atoms with Gasteiger partial charge in [-0.1, -0.05) is 6.07 Å². The van der Waals surface area contributed by atoms with Gasteiger partial charge in [-0.3, -0.25) is 4.40 Å². The van der Waals surface area contributed by atoms with E-state index in [-0.39, 0.29) is 4.90 Å². The van der Waals surface area contributed by atoms with Crippen LogP contribution in [0, 0.1) is 5.82 Å². The Labute approximate surface area is 161 Å². The quantitative estimate of drug-likeness (QED) is 0.660. The first kappa shape index (κ1) is 17.5. The number of nitrogens with zero attached hydrogens (tertiary/aromatic N) is 6. The molecule has 1 aliphatic carbocycles. The third-order valence-corrected chi connectivity index (χ3v) is 7.14. The predicted molar refractivity (Wildman–Crippen MR) is 100 cm³/mol. The minimum absolute atomic E-state index is 0.0206. The minimum Gasteiger partial charge on any atom is -0.351 e. The van der Waals surface area contributed by atoms with Gasteiger partial charge in [0, 0.05) is 44.5 Å². The second kappa shape index (κ2) is 6.49. The predicted octanol–water partition coefficient (Wildman–Crippen LogP) is 1.65. The molecule has 1 saturated carbocycles. The van der Waals surface area contributed by atoms with Crippen molar-refractivity contribution >= 4 is 21.5 Å². The molecule has 2 fully saturated rings. The van der Waals surface area contributed by atoms with Crippen LogP contribution in [-0.4, -0.2) is 58.5 Å². The molecule has 0 amide bonds. The van der Waals surface area contributed by atoms with Gasteiger partial charge in [-0.25, -0.2) is 17.8 Å². The Morgan fingerprint density at radius 2 is 1.86 bits per heavy atom. The van der Waals surface area contributed by atoms with E-state index in [1.807, 2.05) is 15.5 Å². The van der Waals surface area contributed by atoms with E-state index >= 15 is 0 Å². The number of hydrogen-bond donors (Lipinski definition) is 0. The molecule has 2 aliphatic rings. The van der Waals surface area contributed by atoms with Crippen LogP contribution in [0.5, 0.6) is 0 Å². The van der Waals surface area contributed by atoms with Crippen LogP contribution in [0.2, 0.25) is 0 Å². The van der Waals surface area contributed by atoms with Crippen molar-refractivity contribution < 1.29 is 12.8 Å². The van der Waals surface area contributed by atoms with Crippen LogP contribution in [0.4, 0.5) is 10.2 Å². The zero-order chi connectivity index (χ0) is 19.3. The number of halogens is 1. The Balaban J connectivity index is 1.37. The van der Waals surface area contributed by atoms with E-state index in [1.165, 1.54) is 22.5 Å². The molecule has 1 aromatic carbocycles. The summed E-state index contributed by atoms with van der Waals surface area (Å²) in [5, 5.41) is 8.63. The normalized spacial score (nSPS) is 18.7. The van der Waals surface area contributed by atoms with E-state index in [1.54, 1.807) is 6.20 Å². The molecule has 0 atom stereocenters. The molecule has 1 saturated heterocycles. The number of piperazine rings is 1. The lowest BCUT2D eigenvalue weighted by Crippen LogP contribution is -2.49. The van der Waals surface area contributed by atoms with Crippen molar-refractivity contribution in [2.45, 2.75) is 23.7 Å². The van der Waals surface area contributed by atoms with E-state index in [4.69, 9.17) is 0 Å². The number of aromatic nitrogens is 4. The van der Waals surface area contributed by atoms with Crippen molar-refractivity contribution in [3.8, 4) is 0 Å². The molecule has 2 aromatic heterocycles. The van der Waals surface area contributed by atoms with Crippen LogP contribution in [0.25, 0.3) is 5.65 Å². The van der Waals surface area contributed by atoms with E-state index in [0.717, 1.165) is 24.7 Å². The molecule has 0 radical (unpaired) electrons. The summed E-state index contributed by atoms with van der Waals surface area (Å²) in [4.78, 5) is 6.47. The monoisotopic (exact) mass is 402 g/mol. The zero-order valence-corrected chi connectivity index (χ0v) is 15.9. The molecule has 3 heterocycles. The van der Waals surface area contributed by atoms with Gasteiger partial charge in [-0.15, -0.1) is 10.2 Å². The number of rotatable bonds is 4. The number of sulfonamides is 1. The SMILES string of the molecule is O=S(=O)(c1cccc(F)c1)N1CCN(c2nccn3c(C4CC4)nnc23)CC1. The van der Waals surface area contributed by atoms with E-state index in [0.29, 0.717) is 43.6 Å². The zero-order valence-electron chi connectivity index (χ0n) is 15.1. The third-order valence-electron chi connectivity index (χ3n) is 5.25. The molecular weight excluding hydrogens is 383 g/mol. The summed E-state index contributed by atoms with van der Waals surface area (Å²) < 4.78 is 42.4. The molecule has 8 nitrogen and oxygen atoms in total. The Morgan fingerprint density at radius 1 is 1.07 bits per heavy atom. The summed E-state index contributed by atoms with van der Waals surface area (Å²) >= 11 is 0. The summed E-state index contributed by atoms with van der Waals surface area (Å²) in [6, 6.07) is 5.12. The maximum atomic E-state index is 13.4. The van der Waals surface area contributed by atoms with E-state index < -0.39 is 15.8 Å². The summed E-state index contributed by atoms with van der Waals surface area (Å²) in [5.74, 6) is 1.59. The van der Waals surface area contributed by atoms with Crippen molar-refractivity contribution in [1.82, 2.24) is 23.9 Å². The number of benzene rings is 1. The van der Waals surface area contributed by atoms with Crippen LogP contribution in [0.3, 0.4) is 0 Å². The molecule has 10 heteroatoms. The van der Waals surface area contributed by atoms with Crippen molar-refractivity contribution in [2.75, 3.05) is 31.1 Å². The van der Waals surface area contributed by atoms with Crippen LogP contribution in [0.15, 0.2) is 41.6 Å².